The molecular weight excluding hydrogens is 489 g/mol. The lowest BCUT2D eigenvalue weighted by molar-refractivity contribution is -0.150. The van der Waals surface area contributed by atoms with Gasteiger partial charge in [-0.2, -0.15) is 0 Å². The van der Waals surface area contributed by atoms with E-state index in [9.17, 15) is 18.8 Å². The summed E-state index contributed by atoms with van der Waals surface area (Å²) in [4.78, 5) is 37.9. The van der Waals surface area contributed by atoms with E-state index in [4.69, 9.17) is 9.47 Å². The number of esters is 1. The molecule has 1 atom stereocenters. The van der Waals surface area contributed by atoms with Crippen LogP contribution >= 0.6 is 27.7 Å². The van der Waals surface area contributed by atoms with Gasteiger partial charge in [-0.05, 0) is 71.4 Å². The molecule has 0 bridgehead atoms. The van der Waals surface area contributed by atoms with Crippen LogP contribution < -0.4 is 4.74 Å². The second kappa shape index (κ2) is 10.1. The molecule has 1 aliphatic rings. The molecule has 0 aromatic heterocycles. The summed E-state index contributed by atoms with van der Waals surface area (Å²) >= 11 is 4.17. The van der Waals surface area contributed by atoms with Gasteiger partial charge in [-0.3, -0.25) is 14.5 Å². The first kappa shape index (κ1) is 23.0. The van der Waals surface area contributed by atoms with E-state index in [1.807, 2.05) is 0 Å². The highest BCUT2D eigenvalue weighted by atomic mass is 79.9. The molecule has 0 saturated carbocycles. The van der Waals surface area contributed by atoms with Crippen LogP contribution in [0.3, 0.4) is 0 Å². The zero-order chi connectivity index (χ0) is 22.5. The van der Waals surface area contributed by atoms with Crippen LogP contribution in [0.1, 0.15) is 25.0 Å². The van der Waals surface area contributed by atoms with E-state index in [0.29, 0.717) is 21.3 Å². The number of imide groups is 1. The Hall–Kier alpha value is -2.65. The third kappa shape index (κ3) is 5.34. The Bertz CT molecular complexity index is 1060. The lowest BCUT2D eigenvalue weighted by Gasteiger charge is -2.19. The summed E-state index contributed by atoms with van der Waals surface area (Å²) in [7, 11) is 0. The second-order valence-corrected chi connectivity index (χ2v) is 8.40. The lowest BCUT2D eigenvalue weighted by Crippen LogP contribution is -2.42. The molecule has 3 rings (SSSR count). The maximum atomic E-state index is 13.7. The van der Waals surface area contributed by atoms with Crippen molar-refractivity contribution < 1.29 is 28.2 Å². The van der Waals surface area contributed by atoms with E-state index in [1.54, 1.807) is 49.4 Å². The van der Waals surface area contributed by atoms with Gasteiger partial charge in [0.1, 0.15) is 24.2 Å². The lowest BCUT2D eigenvalue weighted by atomic mass is 10.2. The summed E-state index contributed by atoms with van der Waals surface area (Å²) in [6.07, 6.45) is 1.56. The maximum absolute atomic E-state index is 13.7. The molecule has 1 fully saturated rings. The van der Waals surface area contributed by atoms with Gasteiger partial charge >= 0.3 is 5.97 Å². The quantitative estimate of drug-likeness (QED) is 0.380. The number of carbonyl (C=O) groups is 3. The van der Waals surface area contributed by atoms with Crippen molar-refractivity contribution in [3.8, 4) is 5.75 Å². The molecule has 31 heavy (non-hydrogen) atoms. The molecule has 0 radical (unpaired) electrons. The average molecular weight is 508 g/mol. The van der Waals surface area contributed by atoms with Crippen molar-refractivity contribution in [2.75, 3.05) is 6.61 Å². The summed E-state index contributed by atoms with van der Waals surface area (Å²) in [5.74, 6) is -1.02. The number of thioether (sulfide) groups is 1. The topological polar surface area (TPSA) is 72.9 Å². The number of nitrogens with zero attached hydrogens (tertiary/aromatic N) is 1. The van der Waals surface area contributed by atoms with Crippen molar-refractivity contribution in [3.63, 3.8) is 0 Å². The van der Waals surface area contributed by atoms with E-state index >= 15 is 0 Å². The fourth-order valence-electron chi connectivity index (χ4n) is 2.83. The van der Waals surface area contributed by atoms with Crippen molar-refractivity contribution in [1.29, 1.82) is 0 Å². The zero-order valence-corrected chi connectivity index (χ0v) is 19.2. The average Bonchev–Trinajstić information content (AvgIpc) is 3.01. The monoisotopic (exact) mass is 507 g/mol. The van der Waals surface area contributed by atoms with Gasteiger partial charge in [-0.25, -0.2) is 9.18 Å². The summed E-state index contributed by atoms with van der Waals surface area (Å²) in [6.45, 7) is 3.33. The van der Waals surface area contributed by atoms with Crippen LogP contribution in [-0.4, -0.2) is 34.7 Å². The van der Waals surface area contributed by atoms with Crippen LogP contribution in [-0.2, 0) is 20.9 Å². The predicted molar refractivity (Wildman–Crippen MR) is 119 cm³/mol. The summed E-state index contributed by atoms with van der Waals surface area (Å²) in [5.41, 5.74) is 1.09. The van der Waals surface area contributed by atoms with Crippen LogP contribution in [0.4, 0.5) is 9.18 Å². The number of hydrogen-bond acceptors (Lipinski definition) is 6. The van der Waals surface area contributed by atoms with E-state index in [2.05, 4.69) is 15.9 Å². The number of benzene rings is 2. The van der Waals surface area contributed by atoms with Crippen LogP contribution in [0.2, 0.25) is 0 Å². The molecule has 2 aromatic rings. The normalized spacial score (nSPS) is 16.0. The fourth-order valence-corrected chi connectivity index (χ4v) is 4.25. The Kier molecular flexibility index (Phi) is 7.50. The molecule has 6 nitrogen and oxygen atoms in total. The Labute approximate surface area is 191 Å². The Morgan fingerprint density at radius 3 is 2.68 bits per heavy atom. The molecular formula is C22H19BrFNO5S. The summed E-state index contributed by atoms with van der Waals surface area (Å²) in [5, 5.41) is -0.527. The first-order valence-electron chi connectivity index (χ1n) is 9.41. The third-order valence-corrected chi connectivity index (χ3v) is 5.94. The number of halogens is 2. The molecule has 9 heteroatoms. The minimum atomic E-state index is -1.00. The minimum absolute atomic E-state index is 0.0647. The van der Waals surface area contributed by atoms with Crippen molar-refractivity contribution in [2.24, 2.45) is 0 Å². The molecule has 2 aromatic carbocycles. The molecule has 1 heterocycles. The molecule has 1 aliphatic heterocycles. The Balaban J connectivity index is 1.73. The molecule has 162 valence electrons. The first-order chi connectivity index (χ1) is 14.8. The zero-order valence-electron chi connectivity index (χ0n) is 16.8. The molecule has 2 amide bonds. The van der Waals surface area contributed by atoms with Crippen molar-refractivity contribution in [3.05, 3.63) is 68.8 Å². The first-order valence-corrected chi connectivity index (χ1v) is 11.0. The van der Waals surface area contributed by atoms with Gasteiger partial charge in [0.25, 0.3) is 11.1 Å². The van der Waals surface area contributed by atoms with E-state index in [0.717, 1.165) is 16.7 Å². The minimum Gasteiger partial charge on any atom is -0.488 e. The predicted octanol–water partition coefficient (Wildman–Crippen LogP) is 5.16. The summed E-state index contributed by atoms with van der Waals surface area (Å²) in [6, 6.07) is 10.5. The smallest absolute Gasteiger partial charge is 0.329 e. The number of hydrogen-bond donors (Lipinski definition) is 0. The number of rotatable bonds is 7. The number of carbonyl (C=O) groups excluding carboxylic acids is 3. The van der Waals surface area contributed by atoms with E-state index < -0.39 is 23.2 Å². The third-order valence-electron chi connectivity index (χ3n) is 4.43. The largest absolute Gasteiger partial charge is 0.488 e. The molecule has 0 unspecified atom stereocenters. The van der Waals surface area contributed by atoms with Gasteiger partial charge in [0.15, 0.2) is 0 Å². The molecule has 1 saturated heterocycles. The van der Waals surface area contributed by atoms with Crippen molar-refractivity contribution >= 4 is 50.9 Å². The van der Waals surface area contributed by atoms with Crippen LogP contribution in [0, 0.1) is 5.82 Å². The highest BCUT2D eigenvalue weighted by Gasteiger charge is 2.41. The van der Waals surface area contributed by atoms with E-state index in [1.165, 1.54) is 13.0 Å². The summed E-state index contributed by atoms with van der Waals surface area (Å²) < 4.78 is 24.9. The van der Waals surface area contributed by atoms with Crippen molar-refractivity contribution in [2.45, 2.75) is 26.5 Å². The highest BCUT2D eigenvalue weighted by molar-refractivity contribution is 9.10. The van der Waals surface area contributed by atoms with Crippen LogP contribution in [0.15, 0.2) is 51.8 Å². The second-order valence-electron chi connectivity index (χ2n) is 6.55. The molecule has 0 N–H and O–H groups in total. The maximum Gasteiger partial charge on any atom is 0.329 e. The fraction of sp³-hybridized carbons (Fsp3) is 0.227. The van der Waals surface area contributed by atoms with Gasteiger partial charge in [0.2, 0.25) is 0 Å². The highest BCUT2D eigenvalue weighted by Crippen LogP contribution is 2.35. The van der Waals surface area contributed by atoms with Gasteiger partial charge in [-0.15, -0.1) is 0 Å². The number of ether oxygens (including phenoxy) is 2. The van der Waals surface area contributed by atoms with Crippen LogP contribution in [0.5, 0.6) is 5.75 Å². The van der Waals surface area contributed by atoms with Crippen molar-refractivity contribution in [1.82, 2.24) is 4.90 Å². The van der Waals surface area contributed by atoms with E-state index in [-0.39, 0.29) is 23.9 Å². The van der Waals surface area contributed by atoms with Gasteiger partial charge in [0, 0.05) is 5.56 Å². The Morgan fingerprint density at radius 2 is 2.00 bits per heavy atom. The molecule has 0 aliphatic carbocycles. The Morgan fingerprint density at radius 1 is 1.26 bits per heavy atom. The van der Waals surface area contributed by atoms with Gasteiger partial charge in [0.05, 0.1) is 16.0 Å². The standard InChI is InChI=1S/C22H19BrFNO5S/c1-3-29-21(27)13(2)25-20(26)19(31-22(25)28)11-14-8-9-18(16(23)10-14)30-12-15-6-4-5-7-17(15)24/h4-11,13H,3,12H2,1-2H3/b19-11+/t13-/m1/s1. The molecule has 0 spiro atoms. The number of amides is 2. The van der Waals surface area contributed by atoms with Crippen LogP contribution in [0.25, 0.3) is 6.08 Å². The SMILES string of the molecule is CCOC(=O)[C@@H](C)N1C(=O)S/C(=C/c2ccc(OCc3ccccc3F)c(Br)c2)C1=O. The van der Waals surface area contributed by atoms with Gasteiger partial charge < -0.3 is 9.47 Å². The van der Waals surface area contributed by atoms with Gasteiger partial charge in [-0.1, -0.05) is 24.3 Å².